The molecule has 1 heteroatoms. The maximum absolute atomic E-state index is 2.27. The van der Waals surface area contributed by atoms with Crippen molar-refractivity contribution in [3.8, 4) is 0 Å². The van der Waals surface area contributed by atoms with Gasteiger partial charge >= 0.3 is 55.0 Å². The fourth-order valence-electron chi connectivity index (χ4n) is 0. The van der Waals surface area contributed by atoms with Crippen molar-refractivity contribution in [2.75, 3.05) is 0 Å². The van der Waals surface area contributed by atoms with Gasteiger partial charge in [0.05, 0.1) is 0 Å². The Morgan fingerprint density at radius 1 is 1.33 bits per heavy atom. The minimum absolute atomic E-state index is 0.591. The van der Waals surface area contributed by atoms with E-state index < -0.39 is 0 Å². The zero-order valence-electron chi connectivity index (χ0n) is 4.65. The van der Waals surface area contributed by atoms with Crippen LogP contribution in [0, 0.1) is 5.41 Å². The molecule has 0 fully saturated rings. The van der Waals surface area contributed by atoms with Gasteiger partial charge in [0.2, 0.25) is 0 Å². The van der Waals surface area contributed by atoms with Crippen molar-refractivity contribution in [3.63, 3.8) is 0 Å². The Morgan fingerprint density at radius 3 is 1.50 bits per heavy atom. The van der Waals surface area contributed by atoms with Crippen molar-refractivity contribution in [3.05, 3.63) is 0 Å². The van der Waals surface area contributed by atoms with E-state index in [2.05, 4.69) is 20.8 Å². The van der Waals surface area contributed by atoms with Crippen LogP contribution < -0.4 is 0 Å². The van der Waals surface area contributed by atoms with Gasteiger partial charge in [0, 0.05) is 0 Å². The van der Waals surface area contributed by atoms with E-state index in [-0.39, 0.29) is 0 Å². The van der Waals surface area contributed by atoms with Crippen molar-refractivity contribution in [1.82, 2.24) is 0 Å². The average Bonchev–Trinajstić information content (AvgIpc) is 1.35. The summed E-state index contributed by atoms with van der Waals surface area (Å²) in [5.41, 5.74) is 0.591. The van der Waals surface area contributed by atoms with Crippen LogP contribution in [0.4, 0.5) is 0 Å². The molecule has 0 aliphatic heterocycles. The van der Waals surface area contributed by atoms with Crippen molar-refractivity contribution >= 4 is 24.7 Å². The molecule has 0 unspecified atom stereocenters. The third-order valence-electron chi connectivity index (χ3n) is 0.474. The standard InChI is InChI=1S/C5H11.Bi/c1-5(2,3)4;/h1H2,2-4H3;. The van der Waals surface area contributed by atoms with E-state index in [9.17, 15) is 0 Å². The van der Waals surface area contributed by atoms with Crippen molar-refractivity contribution in [2.24, 2.45) is 5.41 Å². The van der Waals surface area contributed by atoms with Gasteiger partial charge in [0.1, 0.15) is 0 Å². The first-order chi connectivity index (χ1) is 2.56. The number of hydrogen-bond acceptors (Lipinski definition) is 0. The first-order valence-electron chi connectivity index (χ1n) is 2.17. The predicted molar refractivity (Wildman–Crippen MR) is 30.0 cm³/mol. The summed E-state index contributed by atoms with van der Waals surface area (Å²) in [7, 11) is 0. The Labute approximate surface area is 55.2 Å². The van der Waals surface area contributed by atoms with E-state index >= 15 is 0 Å². The second-order valence-corrected chi connectivity index (χ2v) is 3.95. The summed E-state index contributed by atoms with van der Waals surface area (Å²) < 4.78 is 1.38. The van der Waals surface area contributed by atoms with E-state index in [1.54, 1.807) is 0 Å². The molecular formula is C5H11Bi. The summed E-state index contributed by atoms with van der Waals surface area (Å²) in [5, 5.41) is 0. The van der Waals surface area contributed by atoms with Crippen LogP contribution in [0.5, 0.6) is 0 Å². The second kappa shape index (κ2) is 2.26. The van der Waals surface area contributed by atoms with Crippen LogP contribution in [0.3, 0.4) is 0 Å². The summed E-state index contributed by atoms with van der Waals surface area (Å²) in [4.78, 5) is 0. The van der Waals surface area contributed by atoms with E-state index in [0.717, 1.165) is 0 Å². The third-order valence-corrected chi connectivity index (χ3v) is 4.16. The molecule has 0 heterocycles. The van der Waals surface area contributed by atoms with Gasteiger partial charge in [-0.25, -0.2) is 0 Å². The Balaban J connectivity index is 3.17. The Bertz CT molecular complexity index is 33.7. The molecule has 0 N–H and O–H groups in total. The van der Waals surface area contributed by atoms with Gasteiger partial charge in [-0.05, 0) is 0 Å². The molecule has 0 saturated carbocycles. The van der Waals surface area contributed by atoms with Crippen LogP contribution in [0.1, 0.15) is 20.8 Å². The van der Waals surface area contributed by atoms with Crippen LogP contribution in [-0.4, -0.2) is 24.7 Å². The van der Waals surface area contributed by atoms with Gasteiger partial charge in [-0.15, -0.1) is 0 Å². The topological polar surface area (TPSA) is 0 Å². The summed E-state index contributed by atoms with van der Waals surface area (Å²) >= 11 is 1.52. The Hall–Kier alpha value is 0.883. The fourth-order valence-corrected chi connectivity index (χ4v) is 0. The van der Waals surface area contributed by atoms with Gasteiger partial charge in [0.15, 0.2) is 0 Å². The zero-order valence-corrected chi connectivity index (χ0v) is 8.13. The second-order valence-electron chi connectivity index (χ2n) is 2.72. The molecule has 6 heavy (non-hydrogen) atoms. The van der Waals surface area contributed by atoms with Gasteiger partial charge in [0.25, 0.3) is 0 Å². The zero-order chi connectivity index (χ0) is 5.21. The molecule has 0 spiro atoms. The first kappa shape index (κ1) is 6.88. The first-order valence-corrected chi connectivity index (χ1v) is 4.63. The molecule has 0 aromatic heterocycles. The van der Waals surface area contributed by atoms with Gasteiger partial charge in [-0.3, -0.25) is 0 Å². The molecular weight excluding hydrogens is 269 g/mol. The van der Waals surface area contributed by atoms with E-state index in [0.29, 0.717) is 5.41 Å². The van der Waals surface area contributed by atoms with Crippen LogP contribution >= 0.6 is 0 Å². The molecule has 0 nitrogen and oxygen atoms in total. The molecule has 2 radical (unpaired) electrons. The predicted octanol–water partition coefficient (Wildman–Crippen LogP) is 1.62. The average molecular weight is 280 g/mol. The summed E-state index contributed by atoms with van der Waals surface area (Å²) in [5.74, 6) is 0. The molecule has 0 atom stereocenters. The van der Waals surface area contributed by atoms with E-state index in [4.69, 9.17) is 0 Å². The monoisotopic (exact) mass is 280 g/mol. The van der Waals surface area contributed by atoms with Gasteiger partial charge in [-0.2, -0.15) is 0 Å². The summed E-state index contributed by atoms with van der Waals surface area (Å²) in [6.07, 6.45) is 0. The summed E-state index contributed by atoms with van der Waals surface area (Å²) in [6, 6.07) is 0. The van der Waals surface area contributed by atoms with Crippen LogP contribution in [-0.2, 0) is 0 Å². The third kappa shape index (κ3) is 4.88. The molecule has 0 bridgehead atoms. The molecule has 0 rings (SSSR count). The molecule has 0 aliphatic rings. The molecule has 0 aromatic rings. The van der Waals surface area contributed by atoms with Crippen molar-refractivity contribution < 1.29 is 0 Å². The van der Waals surface area contributed by atoms with Crippen molar-refractivity contribution in [2.45, 2.75) is 24.9 Å². The SMILES string of the molecule is CC(C)(C)[CH2][Bi]. The van der Waals surface area contributed by atoms with Gasteiger partial charge < -0.3 is 0 Å². The fraction of sp³-hybridized carbons (Fsp3) is 1.00. The van der Waals surface area contributed by atoms with E-state index in [1.807, 2.05) is 0 Å². The molecule has 0 saturated heterocycles. The number of hydrogen-bond donors (Lipinski definition) is 0. The molecule has 0 aliphatic carbocycles. The molecule has 0 aromatic carbocycles. The van der Waals surface area contributed by atoms with Gasteiger partial charge in [-0.1, -0.05) is 0 Å². The quantitative estimate of drug-likeness (QED) is 0.592. The normalized spacial score (nSPS) is 12.0. The van der Waals surface area contributed by atoms with Crippen LogP contribution in [0.2, 0.25) is 4.13 Å². The Kier molecular flexibility index (Phi) is 2.59. The summed E-state index contributed by atoms with van der Waals surface area (Å²) in [6.45, 7) is 6.81. The van der Waals surface area contributed by atoms with E-state index in [1.165, 1.54) is 28.8 Å². The van der Waals surface area contributed by atoms with Crippen LogP contribution in [0.15, 0.2) is 0 Å². The Morgan fingerprint density at radius 2 is 1.50 bits per heavy atom. The van der Waals surface area contributed by atoms with Crippen LogP contribution in [0.25, 0.3) is 0 Å². The minimum atomic E-state index is 0.591. The maximum atomic E-state index is 2.27. The number of rotatable bonds is 0. The van der Waals surface area contributed by atoms with Crippen molar-refractivity contribution in [1.29, 1.82) is 0 Å². The molecule has 0 amide bonds. The molecule has 36 valence electrons.